The highest BCUT2D eigenvalue weighted by molar-refractivity contribution is 5.91. The second kappa shape index (κ2) is 7.76. The Morgan fingerprint density at radius 3 is 2.35 bits per heavy atom. The van der Waals surface area contributed by atoms with Crippen LogP contribution < -0.4 is 16.0 Å². The minimum atomic E-state index is -0.894. The number of hydrogen-bond donors (Lipinski definition) is 4. The van der Waals surface area contributed by atoms with Gasteiger partial charge in [0, 0.05) is 12.6 Å². The normalized spacial score (nSPS) is 23.5. The zero-order valence-electron chi connectivity index (χ0n) is 14.7. The zero-order chi connectivity index (χ0) is 18.6. The molecule has 3 amide bonds. The van der Waals surface area contributed by atoms with E-state index in [1.165, 1.54) is 0 Å². The van der Waals surface area contributed by atoms with Gasteiger partial charge in [0.2, 0.25) is 5.91 Å². The standard InChI is InChI=1S/C19H25N3O4/c23-16(24)14-10-15(11-14)21-17(25)19(8-4-5-9-19)22-18(26)20-12-13-6-2-1-3-7-13/h1-3,6-7,14-15H,4-5,8-12H2,(H,21,25)(H,23,24)(H2,20,22,26). The highest BCUT2D eigenvalue weighted by atomic mass is 16.4. The molecule has 0 bridgehead atoms. The first-order valence-electron chi connectivity index (χ1n) is 9.12. The Hall–Kier alpha value is -2.57. The number of nitrogens with one attached hydrogen (secondary N) is 3. The predicted octanol–water partition coefficient (Wildman–Crippen LogP) is 1.78. The Balaban J connectivity index is 1.53. The van der Waals surface area contributed by atoms with Gasteiger partial charge in [-0.1, -0.05) is 43.2 Å². The van der Waals surface area contributed by atoms with E-state index in [0.29, 0.717) is 32.2 Å². The van der Waals surface area contributed by atoms with Gasteiger partial charge in [0.25, 0.3) is 0 Å². The van der Waals surface area contributed by atoms with Gasteiger partial charge in [-0.25, -0.2) is 4.79 Å². The Bertz CT molecular complexity index is 665. The highest BCUT2D eigenvalue weighted by Crippen LogP contribution is 2.32. The van der Waals surface area contributed by atoms with Gasteiger partial charge >= 0.3 is 12.0 Å². The summed E-state index contributed by atoms with van der Waals surface area (Å²) in [7, 11) is 0. The molecule has 0 heterocycles. The average Bonchev–Trinajstić information content (AvgIpc) is 3.06. The molecule has 4 N–H and O–H groups in total. The molecule has 2 fully saturated rings. The number of carboxylic acids is 1. The Morgan fingerprint density at radius 2 is 1.73 bits per heavy atom. The van der Waals surface area contributed by atoms with Crippen LogP contribution in [0.4, 0.5) is 4.79 Å². The summed E-state index contributed by atoms with van der Waals surface area (Å²) in [5.41, 5.74) is 0.0940. The molecule has 3 rings (SSSR count). The summed E-state index contributed by atoms with van der Waals surface area (Å²) in [5, 5.41) is 17.5. The number of aliphatic carboxylic acids is 1. The van der Waals surface area contributed by atoms with E-state index in [4.69, 9.17) is 5.11 Å². The van der Waals surface area contributed by atoms with E-state index in [1.54, 1.807) is 0 Å². The molecule has 7 heteroatoms. The quantitative estimate of drug-likeness (QED) is 0.621. The maximum Gasteiger partial charge on any atom is 0.315 e. The van der Waals surface area contributed by atoms with E-state index in [2.05, 4.69) is 16.0 Å². The van der Waals surface area contributed by atoms with Crippen LogP contribution in [0.1, 0.15) is 44.1 Å². The first kappa shape index (κ1) is 18.2. The number of rotatable bonds is 6. The van der Waals surface area contributed by atoms with Gasteiger partial charge in [-0.05, 0) is 31.2 Å². The summed E-state index contributed by atoms with van der Waals surface area (Å²) in [6.07, 6.45) is 3.89. The number of hydrogen-bond acceptors (Lipinski definition) is 3. The lowest BCUT2D eigenvalue weighted by atomic mass is 9.80. The Morgan fingerprint density at radius 1 is 1.08 bits per heavy atom. The highest BCUT2D eigenvalue weighted by Gasteiger charge is 2.45. The molecule has 2 aliphatic rings. The van der Waals surface area contributed by atoms with Gasteiger partial charge in [-0.3, -0.25) is 9.59 Å². The van der Waals surface area contributed by atoms with Crippen LogP contribution >= 0.6 is 0 Å². The molecule has 2 aliphatic carbocycles. The molecule has 140 valence electrons. The lowest BCUT2D eigenvalue weighted by molar-refractivity contribution is -0.146. The van der Waals surface area contributed by atoms with Crippen LogP contribution in [0, 0.1) is 5.92 Å². The average molecular weight is 359 g/mol. The number of carbonyl (C=O) groups excluding carboxylic acids is 2. The first-order valence-corrected chi connectivity index (χ1v) is 9.12. The fourth-order valence-corrected chi connectivity index (χ4v) is 3.69. The Labute approximate surface area is 152 Å². The summed E-state index contributed by atoms with van der Waals surface area (Å²) in [5.74, 6) is -1.38. The summed E-state index contributed by atoms with van der Waals surface area (Å²) in [6.45, 7) is 0.396. The van der Waals surface area contributed by atoms with Gasteiger partial charge in [0.15, 0.2) is 0 Å². The molecule has 1 aromatic carbocycles. The van der Waals surface area contributed by atoms with Gasteiger partial charge in [0.1, 0.15) is 5.54 Å². The van der Waals surface area contributed by atoms with E-state index in [1.807, 2.05) is 30.3 Å². The smallest absolute Gasteiger partial charge is 0.315 e. The summed E-state index contributed by atoms with van der Waals surface area (Å²) < 4.78 is 0. The molecule has 0 atom stereocenters. The maximum atomic E-state index is 12.8. The number of amides is 3. The molecule has 0 saturated heterocycles. The number of carbonyl (C=O) groups is 3. The van der Waals surface area contributed by atoms with E-state index in [9.17, 15) is 14.4 Å². The van der Waals surface area contributed by atoms with Crippen LogP contribution in [-0.4, -0.2) is 34.6 Å². The second-order valence-corrected chi connectivity index (χ2v) is 7.26. The lowest BCUT2D eigenvalue weighted by Crippen LogP contribution is -2.62. The molecule has 0 aromatic heterocycles. The van der Waals surface area contributed by atoms with Crippen LogP contribution in [0.2, 0.25) is 0 Å². The summed E-state index contributed by atoms with van der Waals surface area (Å²) >= 11 is 0. The summed E-state index contributed by atoms with van der Waals surface area (Å²) in [4.78, 5) is 36.0. The first-order chi connectivity index (χ1) is 12.5. The van der Waals surface area contributed by atoms with Crippen molar-refractivity contribution in [1.29, 1.82) is 0 Å². The third kappa shape index (κ3) is 4.15. The molecule has 2 saturated carbocycles. The van der Waals surface area contributed by atoms with Crippen molar-refractivity contribution in [3.8, 4) is 0 Å². The molecule has 0 unspecified atom stereocenters. The van der Waals surface area contributed by atoms with E-state index < -0.39 is 11.5 Å². The summed E-state index contributed by atoms with van der Waals surface area (Å²) in [6, 6.07) is 9.10. The van der Waals surface area contributed by atoms with Gasteiger partial charge < -0.3 is 21.1 Å². The van der Waals surface area contributed by atoms with Crippen molar-refractivity contribution in [3.05, 3.63) is 35.9 Å². The number of benzene rings is 1. The van der Waals surface area contributed by atoms with Crippen molar-refractivity contribution in [2.75, 3.05) is 0 Å². The lowest BCUT2D eigenvalue weighted by Gasteiger charge is -2.37. The van der Waals surface area contributed by atoms with Crippen LogP contribution in [-0.2, 0) is 16.1 Å². The molecule has 0 spiro atoms. The van der Waals surface area contributed by atoms with Crippen molar-refractivity contribution in [3.63, 3.8) is 0 Å². The fourth-order valence-electron chi connectivity index (χ4n) is 3.69. The van der Waals surface area contributed by atoms with Crippen LogP contribution in [0.5, 0.6) is 0 Å². The molecular weight excluding hydrogens is 334 g/mol. The minimum absolute atomic E-state index is 0.116. The monoisotopic (exact) mass is 359 g/mol. The van der Waals surface area contributed by atoms with Crippen molar-refractivity contribution in [2.45, 2.75) is 56.7 Å². The SMILES string of the molecule is O=C(NCc1ccccc1)NC1(C(=O)NC2CC(C(=O)O)C2)CCCC1. The van der Waals surface area contributed by atoms with Crippen LogP contribution in [0.15, 0.2) is 30.3 Å². The van der Waals surface area contributed by atoms with Gasteiger partial charge in [-0.15, -0.1) is 0 Å². The third-order valence-electron chi connectivity index (χ3n) is 5.36. The van der Waals surface area contributed by atoms with E-state index in [0.717, 1.165) is 18.4 Å². The van der Waals surface area contributed by atoms with Crippen molar-refractivity contribution >= 4 is 17.9 Å². The molecular formula is C19H25N3O4. The van der Waals surface area contributed by atoms with Crippen molar-refractivity contribution in [1.82, 2.24) is 16.0 Å². The minimum Gasteiger partial charge on any atom is -0.481 e. The number of carboxylic acid groups (broad SMARTS) is 1. The largest absolute Gasteiger partial charge is 0.481 e. The second-order valence-electron chi connectivity index (χ2n) is 7.26. The van der Waals surface area contributed by atoms with E-state index in [-0.39, 0.29) is 23.9 Å². The molecule has 26 heavy (non-hydrogen) atoms. The molecule has 0 aliphatic heterocycles. The van der Waals surface area contributed by atoms with Gasteiger partial charge in [0.05, 0.1) is 5.92 Å². The van der Waals surface area contributed by atoms with Crippen molar-refractivity contribution in [2.24, 2.45) is 5.92 Å². The van der Waals surface area contributed by atoms with E-state index >= 15 is 0 Å². The maximum absolute atomic E-state index is 12.8. The van der Waals surface area contributed by atoms with Crippen molar-refractivity contribution < 1.29 is 19.5 Å². The number of urea groups is 1. The predicted molar refractivity (Wildman–Crippen MR) is 95.3 cm³/mol. The molecule has 0 radical (unpaired) electrons. The molecule has 7 nitrogen and oxygen atoms in total. The van der Waals surface area contributed by atoms with Crippen LogP contribution in [0.3, 0.4) is 0 Å². The van der Waals surface area contributed by atoms with Crippen LogP contribution in [0.25, 0.3) is 0 Å². The molecule has 1 aromatic rings. The third-order valence-corrected chi connectivity index (χ3v) is 5.36. The zero-order valence-corrected chi connectivity index (χ0v) is 14.7. The fraction of sp³-hybridized carbons (Fsp3) is 0.526. The topological polar surface area (TPSA) is 108 Å². The Kier molecular flexibility index (Phi) is 5.44. The van der Waals surface area contributed by atoms with Gasteiger partial charge in [-0.2, -0.15) is 0 Å².